The van der Waals surface area contributed by atoms with Crippen LogP contribution in [0.2, 0.25) is 0 Å². The fraction of sp³-hybridized carbons (Fsp3) is 0.366. The Bertz CT molecular complexity index is 1570. The van der Waals surface area contributed by atoms with Crippen molar-refractivity contribution in [2.45, 2.75) is 100 Å². The van der Waals surface area contributed by atoms with Gasteiger partial charge in [0.1, 0.15) is 34.9 Å². The zero-order chi connectivity index (χ0) is 37.3. The predicted octanol–water partition coefficient (Wildman–Crippen LogP) is 13.2. The molecule has 1 nitrogen and oxygen atoms in total. The van der Waals surface area contributed by atoms with Crippen molar-refractivity contribution in [3.63, 3.8) is 0 Å². The third kappa shape index (κ3) is 13.9. The van der Waals surface area contributed by atoms with Crippen LogP contribution in [0.5, 0.6) is 0 Å². The third-order valence-corrected chi connectivity index (χ3v) is 6.76. The summed E-state index contributed by atoms with van der Waals surface area (Å²) in [5.74, 6) is -6.29. The predicted molar refractivity (Wildman–Crippen MR) is 189 cm³/mol. The smallest absolute Gasteiger partial charge is 0.193 e. The lowest BCUT2D eigenvalue weighted by molar-refractivity contribution is 0.0607. The van der Waals surface area contributed by atoms with Gasteiger partial charge in [-0.3, -0.25) is 0 Å². The molecule has 0 aliphatic heterocycles. The molecule has 0 saturated heterocycles. The van der Waals surface area contributed by atoms with Crippen LogP contribution in [0, 0.1) is 48.8 Å². The molecule has 0 amide bonds. The number of alkyl halides is 1. The van der Waals surface area contributed by atoms with Gasteiger partial charge in [-0.15, -0.1) is 0 Å². The van der Waals surface area contributed by atoms with Crippen LogP contribution < -0.4 is 0 Å². The van der Waals surface area contributed by atoms with E-state index in [0.717, 1.165) is 43.3 Å². The Kier molecular flexibility index (Phi) is 19.3. The summed E-state index contributed by atoms with van der Waals surface area (Å²) in [7, 11) is 0. The molecule has 0 spiro atoms. The van der Waals surface area contributed by atoms with Crippen LogP contribution in [0.1, 0.15) is 95.0 Å². The number of aliphatic hydroxyl groups is 1. The average Bonchev–Trinajstić information content (AvgIpc) is 3.47. The summed E-state index contributed by atoms with van der Waals surface area (Å²) in [6.45, 7) is 14.8. The summed E-state index contributed by atoms with van der Waals surface area (Å²) in [5, 5.41) is 7.39. The molecule has 1 aliphatic carbocycles. The summed E-state index contributed by atoms with van der Waals surface area (Å²) in [5.41, 5.74) is 2.55. The molecule has 49 heavy (non-hydrogen) atoms. The van der Waals surface area contributed by atoms with Crippen LogP contribution in [0.15, 0.2) is 60.7 Å². The molecule has 0 heterocycles. The Balaban J connectivity index is 0.000000486. The zero-order valence-corrected chi connectivity index (χ0v) is 29.8. The number of aryl methyl sites for hydroxylation is 3. The van der Waals surface area contributed by atoms with Gasteiger partial charge in [0.05, 0.1) is 11.1 Å². The average molecular weight is 691 g/mol. The van der Waals surface area contributed by atoms with Gasteiger partial charge in [0.15, 0.2) is 6.36 Å². The van der Waals surface area contributed by atoms with Gasteiger partial charge in [-0.25, -0.2) is 30.7 Å². The molecule has 268 valence electrons. The van der Waals surface area contributed by atoms with Crippen molar-refractivity contribution in [1.82, 2.24) is 0 Å². The Morgan fingerprint density at radius 3 is 1.45 bits per heavy atom. The first-order chi connectivity index (χ1) is 23.1. The minimum absolute atomic E-state index is 0.272. The number of halogens is 7. The molecule has 0 radical (unpaired) electrons. The number of hydrogen-bond acceptors (Lipinski definition) is 1. The largest absolute Gasteiger partial charge is 0.364 e. The van der Waals surface area contributed by atoms with Gasteiger partial charge < -0.3 is 5.11 Å². The van der Waals surface area contributed by atoms with E-state index in [4.69, 9.17) is 5.11 Å². The summed E-state index contributed by atoms with van der Waals surface area (Å²) in [4.78, 5) is 0. The van der Waals surface area contributed by atoms with E-state index in [1.165, 1.54) is 50.7 Å². The molecule has 0 aromatic heterocycles. The zero-order valence-electron chi connectivity index (χ0n) is 29.8. The maximum absolute atomic E-state index is 14.6. The highest BCUT2D eigenvalue weighted by atomic mass is 19.2. The van der Waals surface area contributed by atoms with Crippen LogP contribution in [-0.4, -0.2) is 11.5 Å². The topological polar surface area (TPSA) is 20.2 Å². The lowest BCUT2D eigenvalue weighted by Crippen LogP contribution is -1.98. The normalized spacial score (nSPS) is 11.9. The molecule has 0 fully saturated rings. The minimum atomic E-state index is -1.67. The van der Waals surface area contributed by atoms with Crippen molar-refractivity contribution in [1.29, 1.82) is 0 Å². The number of aliphatic hydroxyl groups excluding tert-OH is 1. The molecule has 4 aromatic rings. The van der Waals surface area contributed by atoms with E-state index in [0.29, 0.717) is 6.42 Å². The molecule has 0 bridgehead atoms. The van der Waals surface area contributed by atoms with Crippen LogP contribution in [-0.2, 0) is 12.8 Å². The lowest BCUT2D eigenvalue weighted by Gasteiger charge is -2.12. The van der Waals surface area contributed by atoms with Gasteiger partial charge in [-0.05, 0) is 111 Å². The maximum atomic E-state index is 14.6. The van der Waals surface area contributed by atoms with Gasteiger partial charge in [-0.1, -0.05) is 83.4 Å². The number of hydrogen-bond donors (Lipinski definition) is 1. The van der Waals surface area contributed by atoms with Crippen molar-refractivity contribution in [3.8, 4) is 22.3 Å². The summed E-state index contributed by atoms with van der Waals surface area (Å²) >= 11 is 0. The highest BCUT2D eigenvalue weighted by molar-refractivity contribution is 5.73. The summed E-state index contributed by atoms with van der Waals surface area (Å²) in [6.07, 6.45) is 8.71. The molecule has 1 N–H and O–H groups in total. The summed E-state index contributed by atoms with van der Waals surface area (Å²) in [6, 6.07) is 12.0. The third-order valence-electron chi connectivity index (χ3n) is 6.76. The van der Waals surface area contributed by atoms with E-state index >= 15 is 0 Å². The van der Waals surface area contributed by atoms with E-state index < -0.39 is 52.4 Å². The SMILES string of the molecule is CC(O)F.CC/C=C/c1cc(F)c(-c2cc(F)c(-c3cc(F)c(C)c(F)c3)c(F)c2)c(F)c1.CCC.CCC.Cc1ccc2c(c1)CCC2. The molecular weight excluding hydrogens is 641 g/mol. The van der Waals surface area contributed by atoms with Crippen LogP contribution >= 0.6 is 0 Å². The van der Waals surface area contributed by atoms with Crippen molar-refractivity contribution < 1.29 is 35.8 Å². The summed E-state index contributed by atoms with van der Waals surface area (Å²) < 4.78 is 96.2. The van der Waals surface area contributed by atoms with Gasteiger partial charge >= 0.3 is 0 Å². The fourth-order valence-electron chi connectivity index (χ4n) is 4.70. The van der Waals surface area contributed by atoms with Crippen LogP contribution in [0.4, 0.5) is 30.7 Å². The number of allylic oxidation sites excluding steroid dienone is 1. The molecule has 4 aromatic carbocycles. The van der Waals surface area contributed by atoms with Crippen molar-refractivity contribution in [2.24, 2.45) is 0 Å². The molecule has 1 unspecified atom stereocenters. The molecule has 1 aliphatic rings. The minimum Gasteiger partial charge on any atom is -0.364 e. The second kappa shape index (κ2) is 21.9. The van der Waals surface area contributed by atoms with E-state index in [-0.39, 0.29) is 22.3 Å². The first kappa shape index (κ1) is 43.1. The van der Waals surface area contributed by atoms with Crippen molar-refractivity contribution >= 4 is 6.08 Å². The van der Waals surface area contributed by atoms with Crippen molar-refractivity contribution in [3.05, 3.63) is 123 Å². The molecule has 1 atom stereocenters. The molecule has 0 saturated carbocycles. The standard InChI is InChI=1S/C23H16F6.C10H12.2C3H8.C2H5FO/c1-3-4-5-13-6-18(26)22(19(27)7-13)15-10-20(28)23(21(29)11-15)14-8-16(24)12(2)17(25)9-14;1-8-5-6-9-3-2-4-10(9)7-8;2*1-3-2;1-2(3)4/h4-11H,3H2,1-2H3;5-7H,2-4H2,1H3;2*3H2,1-2H3;2,4H,1H3/b5-4+;;;;. The van der Waals surface area contributed by atoms with E-state index in [1.54, 1.807) is 17.2 Å². The van der Waals surface area contributed by atoms with E-state index in [1.807, 2.05) is 6.92 Å². The Morgan fingerprint density at radius 1 is 0.633 bits per heavy atom. The Hall–Kier alpha value is -3.91. The highest BCUT2D eigenvalue weighted by Gasteiger charge is 2.20. The van der Waals surface area contributed by atoms with Crippen LogP contribution in [0.25, 0.3) is 28.3 Å². The van der Waals surface area contributed by atoms with Crippen molar-refractivity contribution in [2.75, 3.05) is 0 Å². The number of benzene rings is 4. The van der Waals surface area contributed by atoms with Gasteiger partial charge in [0.2, 0.25) is 0 Å². The van der Waals surface area contributed by atoms with E-state index in [9.17, 15) is 30.7 Å². The van der Waals surface area contributed by atoms with E-state index in [2.05, 4.69) is 52.8 Å². The number of fused-ring (bicyclic) bond motifs is 1. The Labute approximate surface area is 287 Å². The molecular formula is C41H49F7O. The second-order valence-corrected chi connectivity index (χ2v) is 11.7. The Morgan fingerprint density at radius 2 is 1.02 bits per heavy atom. The highest BCUT2D eigenvalue weighted by Crippen LogP contribution is 2.35. The fourth-order valence-corrected chi connectivity index (χ4v) is 4.70. The lowest BCUT2D eigenvalue weighted by atomic mass is 9.96. The number of rotatable bonds is 4. The molecule has 8 heteroatoms. The van der Waals surface area contributed by atoms with Gasteiger partial charge in [0.25, 0.3) is 0 Å². The second-order valence-electron chi connectivity index (χ2n) is 11.7. The first-order valence-corrected chi connectivity index (χ1v) is 16.7. The maximum Gasteiger partial charge on any atom is 0.193 e. The first-order valence-electron chi connectivity index (χ1n) is 16.7. The quantitative estimate of drug-likeness (QED) is 0.211. The van der Waals surface area contributed by atoms with Crippen LogP contribution in [0.3, 0.4) is 0 Å². The van der Waals surface area contributed by atoms with Gasteiger partial charge in [-0.2, -0.15) is 0 Å². The monoisotopic (exact) mass is 690 g/mol. The van der Waals surface area contributed by atoms with Gasteiger partial charge in [0, 0.05) is 5.56 Å². The molecule has 5 rings (SSSR count).